The molecule has 0 atom stereocenters. The van der Waals surface area contributed by atoms with E-state index in [2.05, 4.69) is 0 Å². The molecular formula is C17H18N2O2. The fourth-order valence-corrected chi connectivity index (χ4v) is 2.05. The van der Waals surface area contributed by atoms with Crippen molar-refractivity contribution >= 4 is 16.7 Å². The number of amides is 1. The number of hydrogen-bond donors (Lipinski definition) is 0. The van der Waals surface area contributed by atoms with Crippen LogP contribution in [0.25, 0.3) is 10.8 Å². The first-order chi connectivity index (χ1) is 10.2. The fourth-order valence-electron chi connectivity index (χ4n) is 2.05. The number of fused-ring (bicyclic) bond motifs is 1. The first-order valence-electron chi connectivity index (χ1n) is 6.93. The first-order valence-corrected chi connectivity index (χ1v) is 6.93. The normalized spacial score (nSPS) is 10.1. The van der Waals surface area contributed by atoms with Gasteiger partial charge >= 0.3 is 0 Å². The lowest BCUT2D eigenvalue weighted by Crippen LogP contribution is -2.28. The van der Waals surface area contributed by atoms with Gasteiger partial charge in [-0.15, -0.1) is 0 Å². The Kier molecular flexibility index (Phi) is 5.16. The predicted molar refractivity (Wildman–Crippen MR) is 81.9 cm³/mol. The van der Waals surface area contributed by atoms with Crippen LogP contribution < -0.4 is 4.74 Å². The maximum atomic E-state index is 11.8. The van der Waals surface area contributed by atoms with Crippen LogP contribution >= 0.6 is 0 Å². The molecule has 21 heavy (non-hydrogen) atoms. The Hall–Kier alpha value is -2.54. The van der Waals surface area contributed by atoms with Crippen molar-refractivity contribution in [2.24, 2.45) is 0 Å². The standard InChI is InChI=1S/C17H18N2O2/c1-19(11-4-10-18)17(20)9-12-21-16-8-7-14-5-2-3-6-15(14)13-16/h2-3,5-8,13H,4,9,11-12H2,1H3. The predicted octanol–water partition coefficient (Wildman–Crippen LogP) is 2.98. The number of benzene rings is 2. The van der Waals surface area contributed by atoms with E-state index in [0.29, 0.717) is 26.0 Å². The molecule has 2 aromatic rings. The molecule has 2 rings (SSSR count). The summed E-state index contributed by atoms with van der Waals surface area (Å²) < 4.78 is 5.63. The van der Waals surface area contributed by atoms with Gasteiger partial charge in [0.25, 0.3) is 0 Å². The number of nitriles is 1. The van der Waals surface area contributed by atoms with Gasteiger partial charge in [-0.2, -0.15) is 5.26 Å². The number of carbonyl (C=O) groups is 1. The molecule has 0 unspecified atom stereocenters. The van der Waals surface area contributed by atoms with Gasteiger partial charge in [-0.05, 0) is 22.9 Å². The average Bonchev–Trinajstić information content (AvgIpc) is 2.52. The monoisotopic (exact) mass is 282 g/mol. The van der Waals surface area contributed by atoms with Gasteiger partial charge in [0.2, 0.25) is 5.91 Å². The minimum absolute atomic E-state index is 0.00830. The smallest absolute Gasteiger partial charge is 0.225 e. The summed E-state index contributed by atoms with van der Waals surface area (Å²) in [5.41, 5.74) is 0. The van der Waals surface area contributed by atoms with Crippen LogP contribution in [0.4, 0.5) is 0 Å². The Labute approximate surface area is 124 Å². The van der Waals surface area contributed by atoms with E-state index in [0.717, 1.165) is 16.5 Å². The van der Waals surface area contributed by atoms with Crippen LogP contribution in [-0.2, 0) is 4.79 Å². The third kappa shape index (κ3) is 4.22. The number of ether oxygens (including phenoxy) is 1. The van der Waals surface area contributed by atoms with Gasteiger partial charge < -0.3 is 9.64 Å². The molecule has 0 saturated heterocycles. The Bertz CT molecular complexity index is 661. The van der Waals surface area contributed by atoms with E-state index in [9.17, 15) is 4.79 Å². The summed E-state index contributed by atoms with van der Waals surface area (Å²) in [5.74, 6) is 0.757. The lowest BCUT2D eigenvalue weighted by Gasteiger charge is -2.15. The topological polar surface area (TPSA) is 53.3 Å². The van der Waals surface area contributed by atoms with Crippen molar-refractivity contribution in [1.82, 2.24) is 4.90 Å². The molecule has 0 heterocycles. The molecule has 0 N–H and O–H groups in total. The van der Waals surface area contributed by atoms with Crippen molar-refractivity contribution in [2.75, 3.05) is 20.2 Å². The van der Waals surface area contributed by atoms with Crippen LogP contribution in [0, 0.1) is 11.3 Å². The highest BCUT2D eigenvalue weighted by Gasteiger charge is 2.08. The molecular weight excluding hydrogens is 264 g/mol. The molecule has 0 aromatic heterocycles. The van der Waals surface area contributed by atoms with Crippen LogP contribution in [0.5, 0.6) is 5.75 Å². The second kappa shape index (κ2) is 7.30. The van der Waals surface area contributed by atoms with E-state index in [4.69, 9.17) is 10.00 Å². The molecule has 4 nitrogen and oxygen atoms in total. The molecule has 0 aliphatic rings. The van der Waals surface area contributed by atoms with E-state index in [1.165, 1.54) is 0 Å². The van der Waals surface area contributed by atoms with Crippen molar-refractivity contribution in [3.05, 3.63) is 42.5 Å². The molecule has 2 aromatic carbocycles. The zero-order valence-electron chi connectivity index (χ0n) is 12.1. The van der Waals surface area contributed by atoms with Crippen molar-refractivity contribution in [2.45, 2.75) is 12.8 Å². The van der Waals surface area contributed by atoms with Crippen LogP contribution in [-0.4, -0.2) is 31.0 Å². The molecule has 0 spiro atoms. The number of rotatable bonds is 6. The molecule has 4 heteroatoms. The second-order valence-electron chi connectivity index (χ2n) is 4.83. The maximum Gasteiger partial charge on any atom is 0.225 e. The summed E-state index contributed by atoms with van der Waals surface area (Å²) in [6.45, 7) is 0.805. The molecule has 0 aliphatic carbocycles. The van der Waals surface area contributed by atoms with Crippen LogP contribution in [0.2, 0.25) is 0 Å². The molecule has 0 aliphatic heterocycles. The van der Waals surface area contributed by atoms with E-state index in [1.807, 2.05) is 48.5 Å². The lowest BCUT2D eigenvalue weighted by atomic mass is 10.1. The molecule has 0 saturated carbocycles. The number of nitrogens with zero attached hydrogens (tertiary/aromatic N) is 2. The summed E-state index contributed by atoms with van der Waals surface area (Å²) in [7, 11) is 1.70. The Morgan fingerprint density at radius 2 is 2.00 bits per heavy atom. The highest BCUT2D eigenvalue weighted by Crippen LogP contribution is 2.20. The van der Waals surface area contributed by atoms with E-state index < -0.39 is 0 Å². The minimum Gasteiger partial charge on any atom is -0.493 e. The Morgan fingerprint density at radius 1 is 1.24 bits per heavy atom. The van der Waals surface area contributed by atoms with Crippen LogP contribution in [0.1, 0.15) is 12.8 Å². The third-order valence-electron chi connectivity index (χ3n) is 3.29. The van der Waals surface area contributed by atoms with Gasteiger partial charge in [0.05, 0.1) is 25.5 Å². The SMILES string of the molecule is CN(CCC#N)C(=O)CCOc1ccc2ccccc2c1. The van der Waals surface area contributed by atoms with Gasteiger partial charge in [0, 0.05) is 13.6 Å². The van der Waals surface area contributed by atoms with Crippen LogP contribution in [0.3, 0.4) is 0 Å². The van der Waals surface area contributed by atoms with Gasteiger partial charge in [0.15, 0.2) is 0 Å². The van der Waals surface area contributed by atoms with Gasteiger partial charge in [-0.25, -0.2) is 0 Å². The van der Waals surface area contributed by atoms with Crippen molar-refractivity contribution in [3.8, 4) is 11.8 Å². The summed E-state index contributed by atoms with van der Waals surface area (Å²) >= 11 is 0. The van der Waals surface area contributed by atoms with Crippen molar-refractivity contribution in [3.63, 3.8) is 0 Å². The van der Waals surface area contributed by atoms with E-state index >= 15 is 0 Å². The Balaban J connectivity index is 1.85. The second-order valence-corrected chi connectivity index (χ2v) is 4.83. The first kappa shape index (κ1) is 14.9. The van der Waals surface area contributed by atoms with Gasteiger partial charge in [0.1, 0.15) is 5.75 Å². The summed E-state index contributed by atoms with van der Waals surface area (Å²) in [4.78, 5) is 13.4. The minimum atomic E-state index is -0.00830. The zero-order chi connectivity index (χ0) is 15.1. The summed E-state index contributed by atoms with van der Waals surface area (Å²) in [5, 5.41) is 10.8. The number of hydrogen-bond acceptors (Lipinski definition) is 3. The summed E-state index contributed by atoms with van der Waals surface area (Å²) in [6, 6.07) is 16.0. The molecule has 1 amide bonds. The van der Waals surface area contributed by atoms with Gasteiger partial charge in [-0.3, -0.25) is 4.79 Å². The summed E-state index contributed by atoms with van der Waals surface area (Å²) in [6.07, 6.45) is 0.669. The third-order valence-corrected chi connectivity index (χ3v) is 3.29. The Morgan fingerprint density at radius 3 is 2.76 bits per heavy atom. The lowest BCUT2D eigenvalue weighted by molar-refractivity contribution is -0.130. The molecule has 0 fully saturated rings. The quantitative estimate of drug-likeness (QED) is 0.818. The van der Waals surface area contributed by atoms with E-state index in [-0.39, 0.29) is 5.91 Å². The largest absolute Gasteiger partial charge is 0.493 e. The molecule has 0 bridgehead atoms. The molecule has 108 valence electrons. The highest BCUT2D eigenvalue weighted by atomic mass is 16.5. The van der Waals surface area contributed by atoms with Gasteiger partial charge in [-0.1, -0.05) is 30.3 Å². The fraction of sp³-hybridized carbons (Fsp3) is 0.294. The number of carbonyl (C=O) groups excluding carboxylic acids is 1. The maximum absolute atomic E-state index is 11.8. The van der Waals surface area contributed by atoms with E-state index in [1.54, 1.807) is 11.9 Å². The highest BCUT2D eigenvalue weighted by molar-refractivity contribution is 5.83. The molecule has 0 radical (unpaired) electrons. The average molecular weight is 282 g/mol. The van der Waals surface area contributed by atoms with Crippen LogP contribution in [0.15, 0.2) is 42.5 Å². The van der Waals surface area contributed by atoms with Crippen molar-refractivity contribution in [1.29, 1.82) is 5.26 Å². The van der Waals surface area contributed by atoms with Crippen molar-refractivity contribution < 1.29 is 9.53 Å². The zero-order valence-corrected chi connectivity index (χ0v) is 12.1.